The van der Waals surface area contributed by atoms with Crippen LogP contribution in [0, 0.1) is 0 Å². The van der Waals surface area contributed by atoms with Gasteiger partial charge in [-0.05, 0) is 35.7 Å². The molecule has 1 aliphatic carbocycles. The highest BCUT2D eigenvalue weighted by atomic mass is 32.1. The van der Waals surface area contributed by atoms with Crippen LogP contribution in [0.1, 0.15) is 52.7 Å². The molecule has 1 aliphatic rings. The Balaban J connectivity index is 1.74. The van der Waals surface area contributed by atoms with Gasteiger partial charge in [-0.2, -0.15) is 0 Å². The largest absolute Gasteiger partial charge is 0.383 e. The van der Waals surface area contributed by atoms with Crippen molar-refractivity contribution in [3.05, 3.63) is 44.8 Å². The van der Waals surface area contributed by atoms with Crippen molar-refractivity contribution in [3.63, 3.8) is 0 Å². The molecule has 1 saturated carbocycles. The van der Waals surface area contributed by atoms with Gasteiger partial charge in [-0.3, -0.25) is 14.4 Å². The third-order valence-corrected chi connectivity index (χ3v) is 7.12. The number of hydrogen-bond donors (Lipinski definition) is 2. The summed E-state index contributed by atoms with van der Waals surface area (Å²) in [5.74, 6) is -0.795. The third kappa shape index (κ3) is 6.62. The van der Waals surface area contributed by atoms with Gasteiger partial charge in [0.2, 0.25) is 11.8 Å². The summed E-state index contributed by atoms with van der Waals surface area (Å²) < 4.78 is 5.20. The first-order valence-electron chi connectivity index (χ1n) is 10.5. The van der Waals surface area contributed by atoms with Crippen molar-refractivity contribution in [2.45, 2.75) is 44.2 Å². The topological polar surface area (TPSA) is 87.7 Å². The summed E-state index contributed by atoms with van der Waals surface area (Å²) in [7, 11) is 1.56. The fourth-order valence-corrected chi connectivity index (χ4v) is 5.21. The predicted octanol–water partition coefficient (Wildman–Crippen LogP) is 3.20. The average molecular weight is 464 g/mol. The smallest absolute Gasteiger partial charge is 0.261 e. The zero-order valence-electron chi connectivity index (χ0n) is 17.7. The lowest BCUT2D eigenvalue weighted by Crippen LogP contribution is -2.50. The second-order valence-corrected chi connectivity index (χ2v) is 9.43. The highest BCUT2D eigenvalue weighted by molar-refractivity contribution is 7.12. The van der Waals surface area contributed by atoms with Gasteiger partial charge >= 0.3 is 0 Å². The number of rotatable bonds is 10. The minimum absolute atomic E-state index is 0.140. The fraction of sp³-hybridized carbons (Fsp3) is 0.500. The summed E-state index contributed by atoms with van der Waals surface area (Å²) in [4.78, 5) is 41.6. The van der Waals surface area contributed by atoms with E-state index >= 15 is 0 Å². The van der Waals surface area contributed by atoms with E-state index < -0.39 is 6.04 Å². The Morgan fingerprint density at radius 3 is 2.52 bits per heavy atom. The zero-order chi connectivity index (χ0) is 22.1. The van der Waals surface area contributed by atoms with Crippen LogP contribution < -0.4 is 10.6 Å². The van der Waals surface area contributed by atoms with Crippen molar-refractivity contribution >= 4 is 40.4 Å². The first-order chi connectivity index (χ1) is 15.1. The molecule has 168 valence electrons. The molecule has 3 rings (SSSR count). The Morgan fingerprint density at radius 2 is 1.87 bits per heavy atom. The number of hydrogen-bond acceptors (Lipinski definition) is 6. The highest BCUT2D eigenvalue weighted by Gasteiger charge is 2.33. The lowest BCUT2D eigenvalue weighted by Gasteiger charge is -2.32. The van der Waals surface area contributed by atoms with Gasteiger partial charge in [-0.15, -0.1) is 22.7 Å². The molecule has 2 aromatic heterocycles. The molecule has 2 N–H and O–H groups in total. The Bertz CT molecular complexity index is 833. The maximum atomic E-state index is 13.3. The number of ether oxygens (including phenoxy) is 1. The van der Waals surface area contributed by atoms with Crippen LogP contribution in [0.25, 0.3) is 0 Å². The molecule has 1 atom stereocenters. The average Bonchev–Trinajstić information content (AvgIpc) is 3.50. The van der Waals surface area contributed by atoms with E-state index in [0.717, 1.165) is 30.6 Å². The Morgan fingerprint density at radius 1 is 1.13 bits per heavy atom. The van der Waals surface area contributed by atoms with Crippen molar-refractivity contribution in [3.8, 4) is 0 Å². The third-order valence-electron chi connectivity index (χ3n) is 5.33. The first kappa shape index (κ1) is 23.4. The molecule has 2 aromatic rings. The molecule has 3 amide bonds. The summed E-state index contributed by atoms with van der Waals surface area (Å²) in [5, 5.41) is 9.53. The van der Waals surface area contributed by atoms with E-state index in [9.17, 15) is 14.4 Å². The van der Waals surface area contributed by atoms with Crippen LogP contribution in [-0.4, -0.2) is 55.5 Å². The summed E-state index contributed by atoms with van der Waals surface area (Å²) >= 11 is 2.76. The van der Waals surface area contributed by atoms with E-state index in [2.05, 4.69) is 10.6 Å². The molecule has 0 radical (unpaired) electrons. The normalized spacial score (nSPS) is 15.3. The number of carbonyl (C=O) groups is 3. The van der Waals surface area contributed by atoms with Crippen molar-refractivity contribution in [1.82, 2.24) is 15.5 Å². The van der Waals surface area contributed by atoms with Crippen LogP contribution in [0.3, 0.4) is 0 Å². The number of thiophene rings is 2. The van der Waals surface area contributed by atoms with Gasteiger partial charge in [0, 0.05) is 24.6 Å². The van der Waals surface area contributed by atoms with Crippen LogP contribution in [0.4, 0.5) is 0 Å². The molecule has 2 heterocycles. The number of nitrogens with one attached hydrogen (secondary N) is 2. The monoisotopic (exact) mass is 463 g/mol. The van der Waals surface area contributed by atoms with Crippen LogP contribution >= 0.6 is 22.7 Å². The lowest BCUT2D eigenvalue weighted by atomic mass is 9.95. The molecule has 9 heteroatoms. The Labute approximate surface area is 190 Å². The second kappa shape index (κ2) is 12.0. The van der Waals surface area contributed by atoms with E-state index in [1.54, 1.807) is 19.2 Å². The van der Waals surface area contributed by atoms with E-state index in [1.165, 1.54) is 34.0 Å². The van der Waals surface area contributed by atoms with Crippen LogP contribution in [0.5, 0.6) is 0 Å². The molecule has 7 nitrogen and oxygen atoms in total. The maximum Gasteiger partial charge on any atom is 0.261 e. The second-order valence-electron chi connectivity index (χ2n) is 7.50. The number of nitrogens with zero attached hydrogens (tertiary/aromatic N) is 1. The molecule has 0 bridgehead atoms. The molecule has 31 heavy (non-hydrogen) atoms. The Hall–Kier alpha value is -2.23. The minimum atomic E-state index is -0.747. The lowest BCUT2D eigenvalue weighted by molar-refractivity contribution is -0.141. The molecule has 0 aromatic carbocycles. The highest BCUT2D eigenvalue weighted by Crippen LogP contribution is 2.27. The number of carbonyl (C=O) groups excluding carboxylic acids is 3. The SMILES string of the molecule is COCCN(C(=O)CNC(=O)c1cccs1)C(C(=O)NC1CCCCC1)c1cccs1. The molecular formula is C22H29N3O4S2. The summed E-state index contributed by atoms with van der Waals surface area (Å²) in [5.41, 5.74) is 0. The van der Waals surface area contributed by atoms with Gasteiger partial charge < -0.3 is 20.3 Å². The summed E-state index contributed by atoms with van der Waals surface area (Å²) in [6.07, 6.45) is 5.34. The molecule has 0 aliphatic heterocycles. The van der Waals surface area contributed by atoms with E-state index in [-0.39, 0.29) is 36.9 Å². The molecule has 0 spiro atoms. The van der Waals surface area contributed by atoms with Crippen LogP contribution in [0.15, 0.2) is 35.0 Å². The fourth-order valence-electron chi connectivity index (χ4n) is 3.74. The van der Waals surface area contributed by atoms with E-state index in [0.29, 0.717) is 11.5 Å². The predicted molar refractivity (Wildman–Crippen MR) is 122 cm³/mol. The van der Waals surface area contributed by atoms with Crippen molar-refractivity contribution in [2.24, 2.45) is 0 Å². The van der Waals surface area contributed by atoms with Gasteiger partial charge in [-0.25, -0.2) is 0 Å². The van der Waals surface area contributed by atoms with E-state index in [4.69, 9.17) is 4.74 Å². The standard InChI is InChI=1S/C22H29N3O4S2/c1-29-12-11-25(19(26)15-23-21(27)18-10-6-14-31-18)20(17-9-5-13-30-17)22(28)24-16-7-3-2-4-8-16/h5-6,9-10,13-14,16,20H,2-4,7-8,11-12,15H2,1H3,(H,23,27)(H,24,28). The van der Waals surface area contributed by atoms with Gasteiger partial charge in [0.15, 0.2) is 0 Å². The minimum Gasteiger partial charge on any atom is -0.383 e. The molecule has 0 saturated heterocycles. The van der Waals surface area contributed by atoms with E-state index in [1.807, 2.05) is 22.9 Å². The van der Waals surface area contributed by atoms with Gasteiger partial charge in [-0.1, -0.05) is 31.4 Å². The quantitative estimate of drug-likeness (QED) is 0.566. The van der Waals surface area contributed by atoms with Crippen molar-refractivity contribution in [1.29, 1.82) is 0 Å². The first-order valence-corrected chi connectivity index (χ1v) is 12.3. The van der Waals surface area contributed by atoms with Crippen LogP contribution in [-0.2, 0) is 14.3 Å². The zero-order valence-corrected chi connectivity index (χ0v) is 19.3. The van der Waals surface area contributed by atoms with Crippen molar-refractivity contribution < 1.29 is 19.1 Å². The number of methoxy groups -OCH3 is 1. The van der Waals surface area contributed by atoms with Gasteiger partial charge in [0.1, 0.15) is 6.04 Å². The van der Waals surface area contributed by atoms with Gasteiger partial charge in [0.05, 0.1) is 18.0 Å². The molecule has 1 fully saturated rings. The number of amides is 3. The van der Waals surface area contributed by atoms with Crippen LogP contribution in [0.2, 0.25) is 0 Å². The van der Waals surface area contributed by atoms with Crippen molar-refractivity contribution in [2.75, 3.05) is 26.8 Å². The molecular weight excluding hydrogens is 434 g/mol. The summed E-state index contributed by atoms with van der Waals surface area (Å²) in [6, 6.07) is 6.63. The summed E-state index contributed by atoms with van der Waals surface area (Å²) in [6.45, 7) is 0.368. The Kier molecular flexibility index (Phi) is 9.05. The molecule has 1 unspecified atom stereocenters. The van der Waals surface area contributed by atoms with Gasteiger partial charge in [0.25, 0.3) is 5.91 Å². The maximum absolute atomic E-state index is 13.3.